The lowest BCUT2D eigenvalue weighted by Crippen LogP contribution is -2.57. The number of rotatable bonds is 4. The van der Waals surface area contributed by atoms with Crippen LogP contribution >= 0.6 is 11.6 Å². The van der Waals surface area contributed by atoms with E-state index in [4.69, 9.17) is 21.6 Å². The molecule has 3 unspecified atom stereocenters. The van der Waals surface area contributed by atoms with E-state index in [0.29, 0.717) is 17.0 Å². The Kier molecular flexibility index (Phi) is 6.97. The van der Waals surface area contributed by atoms with Gasteiger partial charge >= 0.3 is 0 Å². The second-order valence-electron chi connectivity index (χ2n) is 11.4. The monoisotopic (exact) mass is 497 g/mol. The van der Waals surface area contributed by atoms with Gasteiger partial charge in [0.2, 0.25) is 5.91 Å². The molecule has 4 aliphatic rings. The van der Waals surface area contributed by atoms with E-state index in [2.05, 4.69) is 35.9 Å². The van der Waals surface area contributed by atoms with Crippen LogP contribution in [0.15, 0.2) is 34.3 Å². The Hall–Kier alpha value is -1.92. The summed E-state index contributed by atoms with van der Waals surface area (Å²) in [5, 5.41) is 4.33. The van der Waals surface area contributed by atoms with Crippen molar-refractivity contribution in [3.8, 4) is 0 Å². The number of nitrogens with one attached hydrogen (secondary N) is 1. The van der Waals surface area contributed by atoms with Crippen molar-refractivity contribution in [2.24, 2.45) is 15.9 Å². The van der Waals surface area contributed by atoms with Crippen LogP contribution in [0.5, 0.6) is 0 Å². The van der Waals surface area contributed by atoms with Gasteiger partial charge in [0, 0.05) is 49.2 Å². The number of piperazine rings is 1. The lowest BCUT2D eigenvalue weighted by Gasteiger charge is -2.45. The molecule has 0 aromatic heterocycles. The molecule has 3 fully saturated rings. The van der Waals surface area contributed by atoms with Gasteiger partial charge in [-0.15, -0.1) is 0 Å². The average molecular weight is 498 g/mol. The van der Waals surface area contributed by atoms with Crippen molar-refractivity contribution in [2.75, 3.05) is 26.2 Å². The molecule has 4 atom stereocenters. The number of amidine groups is 1. The predicted molar refractivity (Wildman–Crippen MR) is 143 cm³/mol. The highest BCUT2D eigenvalue weighted by Gasteiger charge is 2.62. The molecule has 0 spiro atoms. The summed E-state index contributed by atoms with van der Waals surface area (Å²) < 4.78 is 0. The summed E-state index contributed by atoms with van der Waals surface area (Å²) in [6, 6.07) is 8.38. The smallest absolute Gasteiger partial charge is 0.235 e. The topological polar surface area (TPSA) is 60.3 Å². The average Bonchev–Trinajstić information content (AvgIpc) is 3.54. The molecule has 1 saturated heterocycles. The molecular formula is C28H40ClN5O. The van der Waals surface area contributed by atoms with Crippen molar-refractivity contribution in [2.45, 2.75) is 88.8 Å². The third kappa shape index (κ3) is 4.76. The molecule has 2 aliphatic carbocycles. The normalized spacial score (nSPS) is 33.1. The minimum absolute atomic E-state index is 0.0349. The van der Waals surface area contributed by atoms with Crippen LogP contribution in [0.1, 0.15) is 71.3 Å². The number of carbonyl (C=O) groups is 1. The molecule has 2 heterocycles. The van der Waals surface area contributed by atoms with Crippen LogP contribution < -0.4 is 5.32 Å². The third-order valence-corrected chi connectivity index (χ3v) is 8.91. The highest BCUT2D eigenvalue weighted by atomic mass is 35.5. The first kappa shape index (κ1) is 24.8. The molecule has 0 radical (unpaired) electrons. The Balaban J connectivity index is 1.29. The van der Waals surface area contributed by atoms with Crippen molar-refractivity contribution >= 4 is 29.7 Å². The van der Waals surface area contributed by atoms with Crippen molar-refractivity contribution < 1.29 is 4.79 Å². The Labute approximate surface area is 215 Å². The summed E-state index contributed by atoms with van der Waals surface area (Å²) in [5.74, 6) is 1.84. The third-order valence-electron chi connectivity index (χ3n) is 8.66. The first-order valence-corrected chi connectivity index (χ1v) is 13.9. The number of carbonyl (C=O) groups excluding carboxylic acids is 1. The molecule has 1 aromatic rings. The number of hydrogen-bond donors (Lipinski definition) is 1. The molecule has 1 N–H and O–H groups in total. The van der Waals surface area contributed by atoms with Crippen LogP contribution in [-0.2, 0) is 10.2 Å². The molecule has 1 amide bonds. The number of fused-ring (bicyclic) bond motifs is 1. The van der Waals surface area contributed by atoms with E-state index < -0.39 is 5.41 Å². The molecule has 2 saturated carbocycles. The fourth-order valence-corrected chi connectivity index (χ4v) is 6.68. The highest BCUT2D eigenvalue weighted by molar-refractivity contribution is 6.30. The molecular weight excluding hydrogens is 458 g/mol. The maximum absolute atomic E-state index is 14.0. The zero-order valence-electron chi connectivity index (χ0n) is 21.5. The second kappa shape index (κ2) is 9.85. The van der Waals surface area contributed by atoms with Crippen molar-refractivity contribution in [3.63, 3.8) is 0 Å². The van der Waals surface area contributed by atoms with Gasteiger partial charge in [-0.05, 0) is 43.9 Å². The van der Waals surface area contributed by atoms with Crippen molar-refractivity contribution in [1.82, 2.24) is 15.1 Å². The summed E-state index contributed by atoms with van der Waals surface area (Å²) in [6.07, 6.45) is 10.1. The van der Waals surface area contributed by atoms with E-state index in [0.717, 1.165) is 51.0 Å². The maximum atomic E-state index is 14.0. The van der Waals surface area contributed by atoms with Gasteiger partial charge in [0.05, 0.1) is 11.0 Å². The lowest BCUT2D eigenvalue weighted by molar-refractivity contribution is -0.135. The number of amides is 1. The van der Waals surface area contributed by atoms with Crippen LogP contribution in [0.25, 0.3) is 0 Å². The quantitative estimate of drug-likeness (QED) is 0.658. The molecule has 35 heavy (non-hydrogen) atoms. The van der Waals surface area contributed by atoms with Gasteiger partial charge in [-0.2, -0.15) is 0 Å². The lowest BCUT2D eigenvalue weighted by atomic mass is 9.75. The van der Waals surface area contributed by atoms with Crippen LogP contribution in [-0.4, -0.2) is 71.7 Å². The predicted octanol–water partition coefficient (Wildman–Crippen LogP) is 4.66. The second-order valence-corrected chi connectivity index (χ2v) is 11.9. The first-order valence-electron chi connectivity index (χ1n) is 13.5. The number of nitrogens with zero attached hydrogens (tertiary/aromatic N) is 4. The summed E-state index contributed by atoms with van der Waals surface area (Å²) in [7, 11) is 0. The zero-order chi connectivity index (χ0) is 24.6. The number of aliphatic imine (C=N–C) groups is 2. The Morgan fingerprint density at radius 2 is 1.80 bits per heavy atom. The molecule has 2 aliphatic heterocycles. The number of benzene rings is 1. The first-order chi connectivity index (χ1) is 16.8. The van der Waals surface area contributed by atoms with E-state index in [1.807, 2.05) is 24.3 Å². The van der Waals surface area contributed by atoms with Crippen molar-refractivity contribution in [3.05, 3.63) is 34.9 Å². The fourth-order valence-electron chi connectivity index (χ4n) is 6.56. The van der Waals surface area contributed by atoms with Crippen molar-refractivity contribution in [1.29, 1.82) is 0 Å². The van der Waals surface area contributed by atoms with Crippen LogP contribution in [0.3, 0.4) is 0 Å². The Morgan fingerprint density at radius 1 is 1.09 bits per heavy atom. The van der Waals surface area contributed by atoms with E-state index in [-0.39, 0.29) is 17.5 Å². The minimum atomic E-state index is -0.482. The molecule has 6 nitrogen and oxygen atoms in total. The fraction of sp³-hybridized carbons (Fsp3) is 0.679. The van der Waals surface area contributed by atoms with Crippen LogP contribution in [0.4, 0.5) is 0 Å². The number of hydrogen-bond acceptors (Lipinski definition) is 5. The van der Waals surface area contributed by atoms with Gasteiger partial charge in [0.25, 0.3) is 0 Å². The molecule has 0 bridgehead atoms. The van der Waals surface area contributed by atoms with Gasteiger partial charge in [0.15, 0.2) is 0 Å². The summed E-state index contributed by atoms with van der Waals surface area (Å²) in [6.45, 7) is 9.76. The Bertz CT molecular complexity index is 984. The summed E-state index contributed by atoms with van der Waals surface area (Å²) in [5.41, 5.74) is 0.558. The van der Waals surface area contributed by atoms with Gasteiger partial charge in [-0.3, -0.25) is 9.79 Å². The van der Waals surface area contributed by atoms with Gasteiger partial charge < -0.3 is 15.1 Å². The van der Waals surface area contributed by atoms with Gasteiger partial charge in [-0.1, -0.05) is 63.3 Å². The summed E-state index contributed by atoms with van der Waals surface area (Å²) in [4.78, 5) is 28.2. The van der Waals surface area contributed by atoms with E-state index >= 15 is 0 Å². The zero-order valence-corrected chi connectivity index (χ0v) is 22.2. The van der Waals surface area contributed by atoms with E-state index in [1.54, 1.807) is 6.34 Å². The van der Waals surface area contributed by atoms with Crippen LogP contribution in [0, 0.1) is 5.92 Å². The molecule has 7 heteroatoms. The molecule has 190 valence electrons. The standard InChI is InChI=1S/C28H40ClN5O/c1-20(2)32-24-18-28(24,21-9-11-22(29)12-10-21)26(35)34-16-14-33(15-17-34)25-23-8-6-4-5-7-13-27(23,3)31-19-30-25/h9-12,19-20,23-24,32H,4-8,13-18H2,1-3H3/t23?,24?,27?,28-/m1/s1. The van der Waals surface area contributed by atoms with Crippen LogP contribution in [0.2, 0.25) is 5.02 Å². The molecule has 1 aromatic carbocycles. The maximum Gasteiger partial charge on any atom is 0.235 e. The minimum Gasteiger partial charge on any atom is -0.356 e. The van der Waals surface area contributed by atoms with E-state index in [9.17, 15) is 4.79 Å². The SMILES string of the molecule is CC(C)NC1C[C@@]1(C(=O)N1CCN(C2=NC=NC3(C)CCCCCCC23)CC1)c1ccc(Cl)cc1. The van der Waals surface area contributed by atoms with Gasteiger partial charge in [0.1, 0.15) is 12.2 Å². The largest absolute Gasteiger partial charge is 0.356 e. The Morgan fingerprint density at radius 3 is 2.51 bits per heavy atom. The van der Waals surface area contributed by atoms with E-state index in [1.165, 1.54) is 31.5 Å². The highest BCUT2D eigenvalue weighted by Crippen LogP contribution is 2.50. The summed E-state index contributed by atoms with van der Waals surface area (Å²) >= 11 is 6.16. The number of halogens is 1. The van der Waals surface area contributed by atoms with Gasteiger partial charge in [-0.25, -0.2) is 4.99 Å². The molecule has 5 rings (SSSR count).